The number of nitrogens with zero attached hydrogens (tertiary/aromatic N) is 2. The summed E-state index contributed by atoms with van der Waals surface area (Å²) < 4.78 is 29.7. The van der Waals surface area contributed by atoms with Crippen LogP contribution in [0.4, 0.5) is 20.2 Å². The summed E-state index contributed by atoms with van der Waals surface area (Å²) in [6.07, 6.45) is 3.67. The van der Waals surface area contributed by atoms with E-state index in [0.717, 1.165) is 13.1 Å². The summed E-state index contributed by atoms with van der Waals surface area (Å²) in [6.45, 7) is 1.57. The molecule has 0 spiro atoms. The van der Waals surface area contributed by atoms with Crippen molar-refractivity contribution in [2.45, 2.75) is 45.4 Å². The Kier molecular flexibility index (Phi) is 7.63. The van der Waals surface area contributed by atoms with E-state index in [1.54, 1.807) is 25.1 Å². The minimum atomic E-state index is -2.95. The lowest BCUT2D eigenvalue weighted by Gasteiger charge is -2.32. The number of rotatable bonds is 8. The number of amides is 1. The van der Waals surface area contributed by atoms with Crippen molar-refractivity contribution in [3.63, 3.8) is 0 Å². The van der Waals surface area contributed by atoms with E-state index in [-0.39, 0.29) is 17.3 Å². The molecule has 1 saturated heterocycles. The molecular formula is C23H29F2N3O2. The quantitative estimate of drug-likeness (QED) is 0.674. The van der Waals surface area contributed by atoms with Crippen LogP contribution in [0.5, 0.6) is 5.75 Å². The van der Waals surface area contributed by atoms with Gasteiger partial charge < -0.3 is 15.0 Å². The number of halogens is 2. The molecule has 2 aromatic rings. The van der Waals surface area contributed by atoms with E-state index in [1.807, 2.05) is 24.1 Å². The summed E-state index contributed by atoms with van der Waals surface area (Å²) >= 11 is 0. The zero-order valence-electron chi connectivity index (χ0n) is 17.5. The highest BCUT2D eigenvalue weighted by Crippen LogP contribution is 2.27. The Bertz CT molecular complexity index is 841. The van der Waals surface area contributed by atoms with Crippen LogP contribution in [0.25, 0.3) is 0 Å². The highest BCUT2D eigenvalue weighted by molar-refractivity contribution is 5.95. The number of carbonyl (C=O) groups excluding carboxylic acids is 1. The third-order valence-corrected chi connectivity index (χ3v) is 5.51. The van der Waals surface area contributed by atoms with Gasteiger partial charge in [-0.15, -0.1) is 0 Å². The van der Waals surface area contributed by atoms with Crippen LogP contribution in [0, 0.1) is 0 Å². The van der Waals surface area contributed by atoms with Gasteiger partial charge in [0.05, 0.1) is 11.7 Å². The van der Waals surface area contributed by atoms with Crippen LogP contribution < -0.4 is 15.0 Å². The number of alkyl halides is 2. The molecule has 1 atom stereocenters. The molecule has 1 N–H and O–H groups in total. The fourth-order valence-corrected chi connectivity index (χ4v) is 3.70. The monoisotopic (exact) mass is 417 g/mol. The normalized spacial score (nSPS) is 15.3. The number of ether oxygens (including phenoxy) is 1. The zero-order valence-corrected chi connectivity index (χ0v) is 17.5. The van der Waals surface area contributed by atoms with Gasteiger partial charge in [-0.1, -0.05) is 30.3 Å². The molecule has 7 heteroatoms. The largest absolute Gasteiger partial charge is 0.433 e. The molecule has 0 radical (unpaired) electrons. The first kappa shape index (κ1) is 22.0. The van der Waals surface area contributed by atoms with Crippen LogP contribution >= 0.6 is 0 Å². The molecule has 162 valence electrons. The molecule has 1 heterocycles. The number of hydrogen-bond acceptors (Lipinski definition) is 4. The molecular weight excluding hydrogens is 388 g/mol. The summed E-state index contributed by atoms with van der Waals surface area (Å²) in [4.78, 5) is 17.1. The van der Waals surface area contributed by atoms with Crippen LogP contribution in [-0.2, 0) is 11.3 Å². The van der Waals surface area contributed by atoms with E-state index in [0.29, 0.717) is 6.54 Å². The van der Waals surface area contributed by atoms with Gasteiger partial charge in [0.25, 0.3) is 0 Å². The molecule has 1 aliphatic heterocycles. The third-order valence-electron chi connectivity index (χ3n) is 5.51. The molecule has 1 amide bonds. The highest BCUT2D eigenvalue weighted by atomic mass is 19.3. The van der Waals surface area contributed by atoms with Crippen molar-refractivity contribution in [3.8, 4) is 5.75 Å². The minimum absolute atomic E-state index is 0.0499. The number of benzene rings is 2. The molecule has 0 unspecified atom stereocenters. The van der Waals surface area contributed by atoms with Gasteiger partial charge in [0, 0.05) is 25.3 Å². The van der Waals surface area contributed by atoms with E-state index in [2.05, 4.69) is 27.1 Å². The van der Waals surface area contributed by atoms with E-state index in [9.17, 15) is 13.6 Å². The minimum Gasteiger partial charge on any atom is -0.433 e. The van der Waals surface area contributed by atoms with Crippen molar-refractivity contribution in [1.29, 1.82) is 0 Å². The fourth-order valence-electron chi connectivity index (χ4n) is 3.70. The van der Waals surface area contributed by atoms with Gasteiger partial charge >= 0.3 is 6.61 Å². The molecule has 0 bridgehead atoms. The Hall–Kier alpha value is -2.67. The van der Waals surface area contributed by atoms with Crippen molar-refractivity contribution >= 4 is 17.3 Å². The molecule has 0 aromatic heterocycles. The van der Waals surface area contributed by atoms with Gasteiger partial charge in [-0.25, -0.2) is 0 Å². The van der Waals surface area contributed by atoms with Crippen molar-refractivity contribution in [1.82, 2.24) is 4.90 Å². The molecule has 1 aliphatic rings. The predicted octanol–water partition coefficient (Wildman–Crippen LogP) is 4.74. The van der Waals surface area contributed by atoms with Gasteiger partial charge in [-0.3, -0.25) is 9.69 Å². The maximum absolute atomic E-state index is 12.8. The van der Waals surface area contributed by atoms with Gasteiger partial charge in [0.15, 0.2) is 0 Å². The molecule has 5 nitrogen and oxygen atoms in total. The number of piperidine rings is 1. The zero-order chi connectivity index (χ0) is 21.5. The average Bonchev–Trinajstić information content (AvgIpc) is 2.75. The molecule has 30 heavy (non-hydrogen) atoms. The van der Waals surface area contributed by atoms with Gasteiger partial charge in [-0.05, 0) is 57.0 Å². The predicted molar refractivity (Wildman–Crippen MR) is 115 cm³/mol. The van der Waals surface area contributed by atoms with Crippen molar-refractivity contribution in [3.05, 3.63) is 54.1 Å². The van der Waals surface area contributed by atoms with Gasteiger partial charge in [-0.2, -0.15) is 8.78 Å². The number of hydrogen-bond donors (Lipinski definition) is 1. The summed E-state index contributed by atoms with van der Waals surface area (Å²) in [5.74, 6) is -0.329. The van der Waals surface area contributed by atoms with E-state index < -0.39 is 12.7 Å². The Morgan fingerprint density at radius 1 is 1.10 bits per heavy atom. The Morgan fingerprint density at radius 3 is 2.50 bits per heavy atom. The first-order valence-electron chi connectivity index (χ1n) is 10.3. The van der Waals surface area contributed by atoms with Crippen molar-refractivity contribution in [2.24, 2.45) is 0 Å². The number of carbonyl (C=O) groups is 1. The topological polar surface area (TPSA) is 44.8 Å². The molecule has 0 saturated carbocycles. The van der Waals surface area contributed by atoms with E-state index >= 15 is 0 Å². The summed E-state index contributed by atoms with van der Waals surface area (Å²) in [5, 5.41) is 2.71. The van der Waals surface area contributed by atoms with E-state index in [4.69, 9.17) is 0 Å². The lowest BCUT2D eigenvalue weighted by molar-refractivity contribution is -0.120. The summed E-state index contributed by atoms with van der Waals surface area (Å²) in [6, 6.07) is 14.0. The molecule has 1 fully saturated rings. The summed E-state index contributed by atoms with van der Waals surface area (Å²) in [7, 11) is 1.89. The standard InChI is InChI=1S/C23H29F2N3O2/c1-17(22(29)26-19-11-5-7-13-21(19)30-23(24)25)27(2)16-18-10-4-6-12-20(18)28-14-8-3-9-15-28/h4-7,10-13,17,23H,3,8-9,14-16H2,1-2H3,(H,26,29)/t17-/m1/s1. The lowest BCUT2D eigenvalue weighted by atomic mass is 10.1. The Labute approximate surface area is 176 Å². The van der Waals surface area contributed by atoms with Crippen molar-refractivity contribution in [2.75, 3.05) is 30.4 Å². The number of para-hydroxylation sites is 3. The van der Waals surface area contributed by atoms with Gasteiger partial charge in [0.1, 0.15) is 5.75 Å². The van der Waals surface area contributed by atoms with Crippen LogP contribution in [0.15, 0.2) is 48.5 Å². The Balaban J connectivity index is 1.67. The number of nitrogens with one attached hydrogen (secondary N) is 1. The number of anilines is 2. The summed E-state index contributed by atoms with van der Waals surface area (Å²) in [5.41, 5.74) is 2.62. The highest BCUT2D eigenvalue weighted by Gasteiger charge is 2.22. The van der Waals surface area contributed by atoms with Gasteiger partial charge in [0.2, 0.25) is 5.91 Å². The lowest BCUT2D eigenvalue weighted by Crippen LogP contribution is -2.39. The molecule has 3 rings (SSSR count). The SMILES string of the molecule is C[C@H](C(=O)Nc1ccccc1OC(F)F)N(C)Cc1ccccc1N1CCCCC1. The smallest absolute Gasteiger partial charge is 0.387 e. The first-order valence-corrected chi connectivity index (χ1v) is 10.3. The maximum atomic E-state index is 12.8. The Morgan fingerprint density at radius 2 is 1.77 bits per heavy atom. The third kappa shape index (κ3) is 5.69. The number of likely N-dealkylation sites (N-methyl/N-ethyl adjacent to an activating group) is 1. The molecule has 2 aromatic carbocycles. The van der Waals surface area contributed by atoms with Crippen LogP contribution in [0.1, 0.15) is 31.7 Å². The second-order valence-corrected chi connectivity index (χ2v) is 7.63. The second-order valence-electron chi connectivity index (χ2n) is 7.63. The second kappa shape index (κ2) is 10.4. The fraction of sp³-hybridized carbons (Fsp3) is 0.435. The van der Waals surface area contributed by atoms with Crippen LogP contribution in [0.3, 0.4) is 0 Å². The van der Waals surface area contributed by atoms with Crippen LogP contribution in [-0.4, -0.2) is 43.6 Å². The average molecular weight is 418 g/mol. The maximum Gasteiger partial charge on any atom is 0.387 e. The first-order chi connectivity index (χ1) is 14.5. The van der Waals surface area contributed by atoms with Crippen LogP contribution in [0.2, 0.25) is 0 Å². The molecule has 0 aliphatic carbocycles. The van der Waals surface area contributed by atoms with E-state index in [1.165, 1.54) is 36.6 Å². The van der Waals surface area contributed by atoms with Crippen molar-refractivity contribution < 1.29 is 18.3 Å².